The topological polar surface area (TPSA) is 92.5 Å². The normalized spacial score (nSPS) is 11.1. The number of hydrogen-bond donors (Lipinski definition) is 2. The molecule has 92 valence electrons. The molecule has 0 aliphatic rings. The predicted molar refractivity (Wildman–Crippen MR) is 61.4 cm³/mol. The van der Waals surface area contributed by atoms with Crippen molar-refractivity contribution in [1.82, 2.24) is 9.97 Å². The van der Waals surface area contributed by atoms with Gasteiger partial charge in [-0.2, -0.15) is 0 Å². The van der Waals surface area contributed by atoms with Gasteiger partial charge in [0.1, 0.15) is 17.8 Å². The molecule has 0 radical (unpaired) electrons. The minimum Gasteiger partial charge on any atom is -0.460 e. The highest BCUT2D eigenvalue weighted by molar-refractivity contribution is 6.58. The molecule has 0 saturated heterocycles. The Bertz CT molecular complexity index is 386. The zero-order valence-electron chi connectivity index (χ0n) is 10.0. The Hall–Kier alpha value is -1.47. The molecule has 0 bridgehead atoms. The molecule has 1 heterocycles. The van der Waals surface area contributed by atoms with Crippen LogP contribution in [0, 0.1) is 0 Å². The van der Waals surface area contributed by atoms with Crippen molar-refractivity contribution in [3.05, 3.63) is 18.2 Å². The Morgan fingerprint density at radius 1 is 1.35 bits per heavy atom. The maximum Gasteiger partial charge on any atom is 0.491 e. The van der Waals surface area contributed by atoms with Crippen molar-refractivity contribution >= 4 is 18.6 Å². The van der Waals surface area contributed by atoms with Crippen molar-refractivity contribution in [2.24, 2.45) is 0 Å². The van der Waals surface area contributed by atoms with Crippen LogP contribution in [0.2, 0.25) is 0 Å². The van der Waals surface area contributed by atoms with Gasteiger partial charge < -0.3 is 14.8 Å². The molecule has 6 nitrogen and oxygen atoms in total. The standard InChI is InChI=1S/C10H15BN2O4/c1-10(2,3)17-9(14)4-8-12-5-7(6-13-8)11(15)16/h5-6,15-16H,4H2,1-3H3. The fourth-order valence-electron chi connectivity index (χ4n) is 1.10. The van der Waals surface area contributed by atoms with Crippen LogP contribution in [0.25, 0.3) is 0 Å². The zero-order valence-corrected chi connectivity index (χ0v) is 10.0. The van der Waals surface area contributed by atoms with E-state index in [0.29, 0.717) is 0 Å². The maximum absolute atomic E-state index is 11.4. The molecule has 0 atom stereocenters. The number of aromatic nitrogens is 2. The van der Waals surface area contributed by atoms with Gasteiger partial charge in [-0.1, -0.05) is 0 Å². The Kier molecular flexibility index (Phi) is 4.19. The fourth-order valence-corrected chi connectivity index (χ4v) is 1.10. The van der Waals surface area contributed by atoms with Gasteiger partial charge in [0.2, 0.25) is 0 Å². The van der Waals surface area contributed by atoms with Gasteiger partial charge in [0.25, 0.3) is 0 Å². The van der Waals surface area contributed by atoms with Gasteiger partial charge in [-0.3, -0.25) is 4.79 Å². The van der Waals surface area contributed by atoms with Crippen LogP contribution in [0.3, 0.4) is 0 Å². The van der Waals surface area contributed by atoms with Crippen molar-refractivity contribution in [1.29, 1.82) is 0 Å². The summed E-state index contributed by atoms with van der Waals surface area (Å²) in [6.45, 7) is 5.32. The molecule has 1 rings (SSSR count). The number of carbonyl (C=O) groups is 1. The van der Waals surface area contributed by atoms with Crippen LogP contribution in [-0.2, 0) is 16.0 Å². The van der Waals surface area contributed by atoms with E-state index in [1.807, 2.05) is 0 Å². The van der Waals surface area contributed by atoms with E-state index >= 15 is 0 Å². The summed E-state index contributed by atoms with van der Waals surface area (Å²) in [5.41, 5.74) is -0.365. The number of nitrogens with zero attached hydrogens (tertiary/aromatic N) is 2. The second-order valence-corrected chi connectivity index (χ2v) is 4.57. The maximum atomic E-state index is 11.4. The number of rotatable bonds is 3. The van der Waals surface area contributed by atoms with E-state index < -0.39 is 18.7 Å². The van der Waals surface area contributed by atoms with E-state index in [4.69, 9.17) is 14.8 Å². The summed E-state index contributed by atoms with van der Waals surface area (Å²) in [4.78, 5) is 19.1. The zero-order chi connectivity index (χ0) is 13.1. The van der Waals surface area contributed by atoms with E-state index in [2.05, 4.69) is 9.97 Å². The minimum absolute atomic E-state index is 0.0426. The predicted octanol–water partition coefficient (Wildman–Crippen LogP) is -0.959. The van der Waals surface area contributed by atoms with Crippen LogP contribution in [0.1, 0.15) is 26.6 Å². The van der Waals surface area contributed by atoms with Crippen LogP contribution < -0.4 is 5.46 Å². The SMILES string of the molecule is CC(C)(C)OC(=O)Cc1ncc(B(O)O)cn1. The number of hydrogen-bond acceptors (Lipinski definition) is 6. The third-order valence-electron chi connectivity index (χ3n) is 1.75. The van der Waals surface area contributed by atoms with Crippen LogP contribution in [-0.4, -0.2) is 38.7 Å². The highest BCUT2D eigenvalue weighted by Crippen LogP contribution is 2.08. The summed E-state index contributed by atoms with van der Waals surface area (Å²) in [6.07, 6.45) is 2.48. The number of carbonyl (C=O) groups excluding carboxylic acids is 1. The molecule has 0 aliphatic heterocycles. The summed E-state index contributed by atoms with van der Waals surface area (Å²) in [7, 11) is -1.61. The van der Waals surface area contributed by atoms with E-state index in [9.17, 15) is 4.79 Å². The lowest BCUT2D eigenvalue weighted by molar-refractivity contribution is -0.154. The number of esters is 1. The summed E-state index contributed by atoms with van der Waals surface area (Å²) < 4.78 is 5.10. The van der Waals surface area contributed by atoms with Gasteiger partial charge in [0.15, 0.2) is 0 Å². The smallest absolute Gasteiger partial charge is 0.460 e. The molecule has 7 heteroatoms. The molecule has 0 aromatic carbocycles. The second-order valence-electron chi connectivity index (χ2n) is 4.57. The molecule has 0 fully saturated rings. The Labute approximate surface area is 99.8 Å². The highest BCUT2D eigenvalue weighted by Gasteiger charge is 2.18. The molecule has 0 amide bonds. The third-order valence-corrected chi connectivity index (χ3v) is 1.75. The molecule has 0 unspecified atom stereocenters. The fraction of sp³-hybridized carbons (Fsp3) is 0.500. The first-order chi connectivity index (χ1) is 7.78. The second kappa shape index (κ2) is 5.24. The molecular formula is C10H15BN2O4. The summed E-state index contributed by atoms with van der Waals surface area (Å²) in [6, 6.07) is 0. The molecular weight excluding hydrogens is 223 g/mol. The van der Waals surface area contributed by atoms with E-state index in [0.717, 1.165) is 0 Å². The lowest BCUT2D eigenvalue weighted by Gasteiger charge is -2.19. The molecule has 0 spiro atoms. The first kappa shape index (κ1) is 13.6. The summed E-state index contributed by atoms with van der Waals surface area (Å²) >= 11 is 0. The lowest BCUT2D eigenvalue weighted by Crippen LogP contribution is -2.31. The minimum atomic E-state index is -1.61. The van der Waals surface area contributed by atoms with E-state index in [1.54, 1.807) is 20.8 Å². The quantitative estimate of drug-likeness (QED) is 0.520. The van der Waals surface area contributed by atoms with Gasteiger partial charge in [0, 0.05) is 17.9 Å². The lowest BCUT2D eigenvalue weighted by atomic mass is 9.83. The first-order valence-corrected chi connectivity index (χ1v) is 5.17. The van der Waals surface area contributed by atoms with E-state index in [-0.39, 0.29) is 17.7 Å². The Morgan fingerprint density at radius 2 is 1.88 bits per heavy atom. The molecule has 0 aliphatic carbocycles. The molecule has 1 aromatic heterocycles. The van der Waals surface area contributed by atoms with Crippen LogP contribution in [0.15, 0.2) is 12.4 Å². The van der Waals surface area contributed by atoms with Gasteiger partial charge in [-0.15, -0.1) is 0 Å². The van der Waals surface area contributed by atoms with Crippen molar-refractivity contribution < 1.29 is 19.6 Å². The Morgan fingerprint density at radius 3 is 2.29 bits per heavy atom. The van der Waals surface area contributed by atoms with Gasteiger partial charge in [0.05, 0.1) is 0 Å². The average Bonchev–Trinajstić information content (AvgIpc) is 2.15. The number of ether oxygens (including phenoxy) is 1. The largest absolute Gasteiger partial charge is 0.491 e. The first-order valence-electron chi connectivity index (χ1n) is 5.17. The highest BCUT2D eigenvalue weighted by atomic mass is 16.6. The van der Waals surface area contributed by atoms with E-state index in [1.165, 1.54) is 12.4 Å². The van der Waals surface area contributed by atoms with Crippen molar-refractivity contribution in [2.75, 3.05) is 0 Å². The van der Waals surface area contributed by atoms with Crippen molar-refractivity contribution in [3.8, 4) is 0 Å². The van der Waals surface area contributed by atoms with Crippen molar-refractivity contribution in [3.63, 3.8) is 0 Å². The monoisotopic (exact) mass is 238 g/mol. The van der Waals surface area contributed by atoms with Gasteiger partial charge in [-0.05, 0) is 20.8 Å². The van der Waals surface area contributed by atoms with Crippen LogP contribution >= 0.6 is 0 Å². The Balaban J connectivity index is 2.61. The molecule has 0 saturated carbocycles. The molecule has 1 aromatic rings. The third kappa shape index (κ3) is 4.92. The van der Waals surface area contributed by atoms with Gasteiger partial charge in [-0.25, -0.2) is 9.97 Å². The molecule has 17 heavy (non-hydrogen) atoms. The summed E-state index contributed by atoms with van der Waals surface area (Å²) in [5, 5.41) is 17.7. The summed E-state index contributed by atoms with van der Waals surface area (Å²) in [5.74, 6) is -0.140. The van der Waals surface area contributed by atoms with Crippen LogP contribution in [0.4, 0.5) is 0 Å². The van der Waals surface area contributed by atoms with Crippen molar-refractivity contribution in [2.45, 2.75) is 32.8 Å². The van der Waals surface area contributed by atoms with Gasteiger partial charge >= 0.3 is 13.1 Å². The molecule has 2 N–H and O–H groups in total. The average molecular weight is 238 g/mol. The van der Waals surface area contributed by atoms with Crippen LogP contribution in [0.5, 0.6) is 0 Å².